The molecule has 0 amide bonds. The van der Waals surface area contributed by atoms with Crippen LogP contribution in [0.4, 0.5) is 0 Å². The predicted octanol–water partition coefficient (Wildman–Crippen LogP) is 7.64. The maximum Gasteiger partial charge on any atom is 0.115 e. The molecule has 3 heteroatoms. The van der Waals surface area contributed by atoms with Crippen molar-refractivity contribution in [3.05, 3.63) is 137 Å². The van der Waals surface area contributed by atoms with Crippen LogP contribution in [0, 0.1) is 0 Å². The van der Waals surface area contributed by atoms with Gasteiger partial charge < -0.3 is 5.11 Å². The van der Waals surface area contributed by atoms with Gasteiger partial charge >= 0.3 is 0 Å². The quantitative estimate of drug-likeness (QED) is 0.207. The molecule has 0 aromatic heterocycles. The van der Waals surface area contributed by atoms with Crippen molar-refractivity contribution in [2.75, 3.05) is 0 Å². The summed E-state index contributed by atoms with van der Waals surface area (Å²) in [5.41, 5.74) is 6.37. The monoisotopic (exact) mass is 480 g/mol. The summed E-state index contributed by atoms with van der Waals surface area (Å²) in [5.74, 6) is 0.257. The fourth-order valence-corrected chi connectivity index (χ4v) is 5.14. The third-order valence-corrected chi connectivity index (χ3v) is 7.02. The molecular weight excluding hydrogens is 452 g/mol. The molecule has 0 aliphatic heterocycles. The van der Waals surface area contributed by atoms with Crippen LogP contribution >= 0.6 is 24.4 Å². The number of benzene rings is 4. The van der Waals surface area contributed by atoms with Crippen molar-refractivity contribution in [1.82, 2.24) is 0 Å². The van der Waals surface area contributed by atoms with E-state index >= 15 is 0 Å². The van der Waals surface area contributed by atoms with Gasteiger partial charge in [-0.3, -0.25) is 0 Å². The van der Waals surface area contributed by atoms with Crippen molar-refractivity contribution in [1.29, 1.82) is 0 Å². The third kappa shape index (κ3) is 5.32. The maximum absolute atomic E-state index is 9.87. The lowest BCUT2D eigenvalue weighted by Crippen LogP contribution is -2.26. The van der Waals surface area contributed by atoms with Crippen LogP contribution in [-0.2, 0) is 18.3 Å². The minimum absolute atomic E-state index is 0.257. The van der Waals surface area contributed by atoms with E-state index in [4.69, 9.17) is 24.4 Å². The van der Waals surface area contributed by atoms with Crippen LogP contribution in [0.25, 0.3) is 0 Å². The summed E-state index contributed by atoms with van der Waals surface area (Å²) >= 11 is 12.0. The molecule has 0 saturated carbocycles. The summed E-state index contributed by atoms with van der Waals surface area (Å²) in [6.07, 6.45) is 1.40. The highest BCUT2D eigenvalue weighted by Gasteiger charge is 2.31. The van der Waals surface area contributed by atoms with Gasteiger partial charge in [-0.2, -0.15) is 0 Å². The fourth-order valence-electron chi connectivity index (χ4n) is 4.47. The fraction of sp³-hybridized carbons (Fsp3) is 0.161. The van der Waals surface area contributed by atoms with E-state index in [9.17, 15) is 5.11 Å². The van der Waals surface area contributed by atoms with E-state index < -0.39 is 0 Å². The Morgan fingerprint density at radius 3 is 1.50 bits per heavy atom. The first-order valence-corrected chi connectivity index (χ1v) is 12.2. The molecule has 4 aromatic carbocycles. The van der Waals surface area contributed by atoms with Crippen molar-refractivity contribution in [2.24, 2.45) is 0 Å². The smallest absolute Gasteiger partial charge is 0.115 e. The van der Waals surface area contributed by atoms with Gasteiger partial charge in [0.2, 0.25) is 0 Å². The lowest BCUT2D eigenvalue weighted by Gasteiger charge is -2.32. The number of hydrogen-bond donors (Lipinski definition) is 1. The van der Waals surface area contributed by atoms with E-state index in [0.29, 0.717) is 12.8 Å². The van der Waals surface area contributed by atoms with Crippen LogP contribution in [0.3, 0.4) is 0 Å². The van der Waals surface area contributed by atoms with E-state index in [0.717, 1.165) is 32.0 Å². The van der Waals surface area contributed by atoms with Gasteiger partial charge in [0.1, 0.15) is 5.75 Å². The molecule has 34 heavy (non-hydrogen) atoms. The highest BCUT2D eigenvalue weighted by atomic mass is 32.1. The number of thiocarbonyl (C=S) groups is 2. The van der Waals surface area contributed by atoms with Gasteiger partial charge in [0, 0.05) is 28.0 Å². The Morgan fingerprint density at radius 1 is 0.618 bits per heavy atom. The average molecular weight is 481 g/mol. The molecule has 0 atom stereocenters. The van der Waals surface area contributed by atoms with E-state index in [1.54, 1.807) is 12.1 Å². The number of phenols is 1. The van der Waals surface area contributed by atoms with E-state index in [2.05, 4.69) is 56.3 Å². The minimum atomic E-state index is -0.374. The van der Waals surface area contributed by atoms with Crippen molar-refractivity contribution in [2.45, 2.75) is 32.1 Å². The van der Waals surface area contributed by atoms with Gasteiger partial charge in [-0.1, -0.05) is 129 Å². The van der Waals surface area contributed by atoms with Crippen LogP contribution in [0.5, 0.6) is 5.75 Å². The zero-order valence-corrected chi connectivity index (χ0v) is 21.1. The van der Waals surface area contributed by atoms with Gasteiger partial charge in [0.15, 0.2) is 0 Å². The van der Waals surface area contributed by atoms with Gasteiger partial charge in [-0.25, -0.2) is 0 Å². The van der Waals surface area contributed by atoms with Crippen molar-refractivity contribution in [3.8, 4) is 5.75 Å². The third-order valence-electron chi connectivity index (χ3n) is 6.29. The summed E-state index contributed by atoms with van der Waals surface area (Å²) in [7, 11) is 0. The first-order chi connectivity index (χ1) is 16.4. The molecule has 0 unspecified atom stereocenters. The molecule has 4 aromatic rings. The van der Waals surface area contributed by atoms with Crippen molar-refractivity contribution < 1.29 is 5.11 Å². The first kappa shape index (κ1) is 24.0. The number of rotatable bonds is 8. The highest BCUT2D eigenvalue weighted by Crippen LogP contribution is 2.38. The molecule has 0 aliphatic carbocycles. The van der Waals surface area contributed by atoms with Crippen molar-refractivity contribution >= 4 is 34.2 Å². The van der Waals surface area contributed by atoms with Crippen LogP contribution in [0.1, 0.15) is 47.2 Å². The highest BCUT2D eigenvalue weighted by molar-refractivity contribution is 7.81. The largest absolute Gasteiger partial charge is 0.508 e. The molecule has 0 saturated heterocycles. The minimum Gasteiger partial charge on any atom is -0.508 e. The van der Waals surface area contributed by atoms with E-state index in [1.165, 1.54) is 11.1 Å². The first-order valence-electron chi connectivity index (χ1n) is 11.4. The van der Waals surface area contributed by atoms with Crippen molar-refractivity contribution in [3.63, 3.8) is 0 Å². The van der Waals surface area contributed by atoms with Crippen LogP contribution in [0.15, 0.2) is 103 Å². The molecule has 0 radical (unpaired) electrons. The molecule has 4 rings (SSSR count). The molecular formula is C31H28OS2. The van der Waals surface area contributed by atoms with Gasteiger partial charge in [-0.15, -0.1) is 0 Å². The molecule has 170 valence electrons. The second-order valence-electron chi connectivity index (χ2n) is 9.07. The molecule has 0 fully saturated rings. The topological polar surface area (TPSA) is 20.2 Å². The van der Waals surface area contributed by atoms with E-state index in [1.807, 2.05) is 48.5 Å². The lowest BCUT2D eigenvalue weighted by atomic mass is 9.72. The number of hydrogen-bond acceptors (Lipinski definition) is 3. The SMILES string of the molecule is CC(C)(c1ccc(O)cc1)c1c(C(=S)Cc2ccccc2)cccc1C(=S)Cc1ccccc1. The summed E-state index contributed by atoms with van der Waals surface area (Å²) in [6, 6.07) is 34.4. The van der Waals surface area contributed by atoms with Gasteiger partial charge in [-0.05, 0) is 45.5 Å². The predicted molar refractivity (Wildman–Crippen MR) is 150 cm³/mol. The maximum atomic E-state index is 9.87. The Hall–Kier alpha value is -3.14. The van der Waals surface area contributed by atoms with Crippen LogP contribution < -0.4 is 0 Å². The molecule has 0 spiro atoms. The lowest BCUT2D eigenvalue weighted by molar-refractivity contribution is 0.474. The molecule has 1 N–H and O–H groups in total. The second kappa shape index (κ2) is 10.4. The Labute approximate surface area is 213 Å². The zero-order chi connectivity index (χ0) is 24.1. The summed E-state index contributed by atoms with van der Waals surface area (Å²) in [5, 5.41) is 9.87. The molecule has 0 bridgehead atoms. The van der Waals surface area contributed by atoms with Gasteiger partial charge in [0.25, 0.3) is 0 Å². The summed E-state index contributed by atoms with van der Waals surface area (Å²) in [6.45, 7) is 4.41. The number of aromatic hydroxyl groups is 1. The van der Waals surface area contributed by atoms with Crippen LogP contribution in [-0.4, -0.2) is 14.8 Å². The molecule has 0 aliphatic rings. The Balaban J connectivity index is 1.82. The summed E-state index contributed by atoms with van der Waals surface area (Å²) < 4.78 is 0. The second-order valence-corrected chi connectivity index (χ2v) is 10.1. The molecule has 0 heterocycles. The zero-order valence-electron chi connectivity index (χ0n) is 19.5. The Bertz CT molecular complexity index is 1220. The Morgan fingerprint density at radius 2 is 1.06 bits per heavy atom. The van der Waals surface area contributed by atoms with Gasteiger partial charge in [0.05, 0.1) is 0 Å². The Kier molecular flexibility index (Phi) is 7.35. The number of phenolic OH excluding ortho intramolecular Hbond substituents is 1. The van der Waals surface area contributed by atoms with Crippen LogP contribution in [0.2, 0.25) is 0 Å². The average Bonchev–Trinajstić information content (AvgIpc) is 2.85. The van der Waals surface area contributed by atoms with E-state index in [-0.39, 0.29) is 11.2 Å². The molecule has 1 nitrogen and oxygen atoms in total. The summed E-state index contributed by atoms with van der Waals surface area (Å²) in [4.78, 5) is 1.80. The standard InChI is InChI=1S/C31H28OS2/c1-31(2,24-16-18-25(32)19-17-24)30-26(28(33)20-22-10-5-3-6-11-22)14-9-15-27(30)29(34)21-23-12-7-4-8-13-23/h3-19,32H,20-21H2,1-2H3. The normalized spacial score (nSPS) is 11.2.